The highest BCUT2D eigenvalue weighted by Crippen LogP contribution is 2.40. The summed E-state index contributed by atoms with van der Waals surface area (Å²) in [7, 11) is -0.992. The van der Waals surface area contributed by atoms with Gasteiger partial charge in [0.1, 0.15) is 5.69 Å². The van der Waals surface area contributed by atoms with E-state index in [2.05, 4.69) is 10.5 Å². The van der Waals surface area contributed by atoms with Crippen LogP contribution >= 0.6 is 23.2 Å². The molecule has 0 bridgehead atoms. The molecular formula is C29H25BCl2FN3O4. The van der Waals surface area contributed by atoms with Crippen molar-refractivity contribution in [3.63, 3.8) is 0 Å². The van der Waals surface area contributed by atoms with Crippen LogP contribution in [0.25, 0.3) is 5.52 Å². The number of hydrogen-bond acceptors (Lipinski definition) is 5. The summed E-state index contributed by atoms with van der Waals surface area (Å²) >= 11 is 12.0. The highest BCUT2D eigenvalue weighted by Gasteiger charge is 2.41. The summed E-state index contributed by atoms with van der Waals surface area (Å²) < 4.78 is 21.4. The van der Waals surface area contributed by atoms with E-state index < -0.39 is 24.1 Å². The molecular weight excluding hydrogens is 555 g/mol. The fourth-order valence-electron chi connectivity index (χ4n) is 5.42. The van der Waals surface area contributed by atoms with Gasteiger partial charge in [-0.15, -0.1) is 0 Å². The van der Waals surface area contributed by atoms with Gasteiger partial charge in [-0.3, -0.25) is 4.79 Å². The molecule has 0 saturated carbocycles. The topological polar surface area (TPSA) is 84.6 Å². The van der Waals surface area contributed by atoms with Crippen LogP contribution in [0, 0.1) is 5.82 Å². The Labute approximate surface area is 240 Å². The van der Waals surface area contributed by atoms with Gasteiger partial charge >= 0.3 is 7.12 Å². The zero-order chi connectivity index (χ0) is 28.4. The smallest absolute Gasteiger partial charge is 0.423 e. The molecule has 2 N–H and O–H groups in total. The Morgan fingerprint density at radius 3 is 2.65 bits per heavy atom. The van der Waals surface area contributed by atoms with Crippen molar-refractivity contribution in [3.05, 3.63) is 105 Å². The maximum Gasteiger partial charge on any atom is 0.492 e. The average molecular weight is 580 g/mol. The van der Waals surface area contributed by atoms with Crippen LogP contribution in [0.1, 0.15) is 59.9 Å². The first-order chi connectivity index (χ1) is 19.0. The van der Waals surface area contributed by atoms with Gasteiger partial charge in [-0.25, -0.2) is 4.39 Å². The first-order valence-corrected chi connectivity index (χ1v) is 13.5. The summed E-state index contributed by atoms with van der Waals surface area (Å²) in [5, 5.41) is 17.4. The quantitative estimate of drug-likeness (QED) is 0.248. The molecule has 6 rings (SSSR count). The van der Waals surface area contributed by atoms with Gasteiger partial charge in [-0.1, -0.05) is 46.6 Å². The Morgan fingerprint density at radius 2 is 1.90 bits per heavy atom. The SMILES string of the molecule is CC1(C)OB(O)c2cc(CNC(=O)c3ccc(C4=NOC(C)(c5cc(Cl)c(F)c(Cl)c5)C4)c4cccn34)ccc21. The number of halogens is 3. The summed E-state index contributed by atoms with van der Waals surface area (Å²) in [4.78, 5) is 19.0. The molecule has 2 aliphatic rings. The Morgan fingerprint density at radius 1 is 1.15 bits per heavy atom. The maximum absolute atomic E-state index is 14.0. The van der Waals surface area contributed by atoms with Gasteiger partial charge in [0.2, 0.25) is 0 Å². The normalized spacial score (nSPS) is 19.5. The first kappa shape index (κ1) is 26.8. The van der Waals surface area contributed by atoms with Crippen molar-refractivity contribution in [1.29, 1.82) is 0 Å². The lowest BCUT2D eigenvalue weighted by molar-refractivity contribution is -0.00742. The van der Waals surface area contributed by atoms with Gasteiger partial charge in [-0.05, 0) is 73.8 Å². The fourth-order valence-corrected chi connectivity index (χ4v) is 5.91. The minimum absolute atomic E-state index is 0.0849. The number of benzene rings is 2. The molecule has 0 radical (unpaired) electrons. The number of carbonyl (C=O) groups is 1. The summed E-state index contributed by atoms with van der Waals surface area (Å²) in [6.07, 6.45) is 2.20. The molecule has 11 heteroatoms. The number of carbonyl (C=O) groups excluding carboxylic acids is 1. The molecule has 2 aliphatic heterocycles. The fraction of sp³-hybridized carbons (Fsp3) is 0.241. The zero-order valence-electron chi connectivity index (χ0n) is 22.0. The molecule has 0 fully saturated rings. The highest BCUT2D eigenvalue weighted by atomic mass is 35.5. The van der Waals surface area contributed by atoms with Crippen LogP contribution in [-0.2, 0) is 27.2 Å². The number of oxime groups is 1. The largest absolute Gasteiger partial charge is 0.492 e. The van der Waals surface area contributed by atoms with Crippen molar-refractivity contribution in [1.82, 2.24) is 9.72 Å². The second-order valence-electron chi connectivity index (χ2n) is 10.8. The first-order valence-electron chi connectivity index (χ1n) is 12.7. The van der Waals surface area contributed by atoms with Crippen molar-refractivity contribution < 1.29 is 23.7 Å². The van der Waals surface area contributed by atoms with Gasteiger partial charge in [0.05, 0.1) is 26.9 Å². The third-order valence-electron chi connectivity index (χ3n) is 7.58. The average Bonchev–Trinajstić information content (AvgIpc) is 3.62. The lowest BCUT2D eigenvalue weighted by Gasteiger charge is -2.22. The van der Waals surface area contributed by atoms with Crippen molar-refractivity contribution in [3.8, 4) is 0 Å². The third-order valence-corrected chi connectivity index (χ3v) is 8.13. The summed E-state index contributed by atoms with van der Waals surface area (Å²) in [5.41, 5.74) is 4.37. The number of nitrogens with one attached hydrogen (secondary N) is 1. The predicted octanol–water partition coefficient (Wildman–Crippen LogP) is 5.31. The van der Waals surface area contributed by atoms with Crippen LogP contribution in [-0.4, -0.2) is 28.2 Å². The molecule has 2 aromatic heterocycles. The Bertz CT molecular complexity index is 1700. The van der Waals surface area contributed by atoms with E-state index in [-0.39, 0.29) is 22.5 Å². The molecule has 0 spiro atoms. The second-order valence-corrected chi connectivity index (χ2v) is 11.6. The summed E-state index contributed by atoms with van der Waals surface area (Å²) in [6, 6.07) is 16.0. The molecule has 4 aromatic rings. The van der Waals surface area contributed by atoms with Crippen LogP contribution in [0.5, 0.6) is 0 Å². The molecule has 0 aliphatic carbocycles. The van der Waals surface area contributed by atoms with Gasteiger partial charge in [-0.2, -0.15) is 0 Å². The number of nitrogens with zero attached hydrogens (tertiary/aromatic N) is 2. The van der Waals surface area contributed by atoms with E-state index in [1.54, 1.807) is 10.5 Å². The highest BCUT2D eigenvalue weighted by molar-refractivity contribution is 6.62. The molecule has 1 atom stereocenters. The Kier molecular flexibility index (Phi) is 6.46. The lowest BCUT2D eigenvalue weighted by Crippen LogP contribution is -2.30. The summed E-state index contributed by atoms with van der Waals surface area (Å²) in [6.45, 7) is 5.94. The Hall–Kier alpha value is -3.37. The van der Waals surface area contributed by atoms with E-state index in [0.717, 1.165) is 22.2 Å². The van der Waals surface area contributed by atoms with E-state index in [9.17, 15) is 14.2 Å². The number of amides is 1. The number of aromatic nitrogens is 1. The van der Waals surface area contributed by atoms with E-state index >= 15 is 0 Å². The number of pyridine rings is 1. The maximum atomic E-state index is 14.0. The molecule has 7 nitrogen and oxygen atoms in total. The van der Waals surface area contributed by atoms with Crippen molar-refractivity contribution in [2.75, 3.05) is 0 Å². The molecule has 2 aromatic carbocycles. The van der Waals surface area contributed by atoms with Crippen LogP contribution in [0.4, 0.5) is 4.39 Å². The van der Waals surface area contributed by atoms with E-state index in [4.69, 9.17) is 32.7 Å². The molecule has 0 saturated heterocycles. The molecule has 4 heterocycles. The van der Waals surface area contributed by atoms with E-state index in [1.165, 1.54) is 12.1 Å². The van der Waals surface area contributed by atoms with Crippen molar-refractivity contribution >= 4 is 52.9 Å². The van der Waals surface area contributed by atoms with E-state index in [1.807, 2.05) is 63.4 Å². The standard InChI is InChI=1S/C29H25BCl2FN3O4/c1-28(2)19-8-6-16(11-20(19)30(38)39-28)15-34-27(37)25-9-7-18(24-5-4-10-36(24)25)23-14-29(3,40-35-23)17-12-21(31)26(33)22(32)13-17/h4-13,38H,14-15H2,1-3H3,(H,34,37). The van der Waals surface area contributed by atoms with Crippen LogP contribution in [0.3, 0.4) is 0 Å². The number of hydrogen-bond donors (Lipinski definition) is 2. The third kappa shape index (κ3) is 4.47. The lowest BCUT2D eigenvalue weighted by atomic mass is 9.77. The molecule has 1 amide bonds. The predicted molar refractivity (Wildman–Crippen MR) is 153 cm³/mol. The Balaban J connectivity index is 1.21. The minimum Gasteiger partial charge on any atom is -0.423 e. The van der Waals surface area contributed by atoms with Crippen molar-refractivity contribution in [2.45, 2.75) is 44.9 Å². The second kappa shape index (κ2) is 9.63. The van der Waals surface area contributed by atoms with Crippen LogP contribution < -0.4 is 10.8 Å². The summed E-state index contributed by atoms with van der Waals surface area (Å²) in [5.74, 6) is -0.930. The number of fused-ring (bicyclic) bond motifs is 2. The minimum atomic E-state index is -0.992. The molecule has 204 valence electrons. The van der Waals surface area contributed by atoms with Gasteiger partial charge in [0.15, 0.2) is 11.4 Å². The van der Waals surface area contributed by atoms with Crippen LogP contribution in [0.15, 0.2) is 65.9 Å². The van der Waals surface area contributed by atoms with Crippen molar-refractivity contribution in [2.24, 2.45) is 5.16 Å². The zero-order valence-corrected chi connectivity index (χ0v) is 23.5. The molecule has 40 heavy (non-hydrogen) atoms. The van der Waals surface area contributed by atoms with Gasteiger partial charge in [0.25, 0.3) is 5.91 Å². The van der Waals surface area contributed by atoms with Gasteiger partial charge < -0.3 is 24.2 Å². The van der Waals surface area contributed by atoms with E-state index in [0.29, 0.717) is 28.9 Å². The van der Waals surface area contributed by atoms with Gasteiger partial charge in [0, 0.05) is 30.3 Å². The monoisotopic (exact) mass is 579 g/mol. The van der Waals surface area contributed by atoms with Crippen LogP contribution in [0.2, 0.25) is 10.0 Å². The number of rotatable bonds is 5. The molecule has 1 unspecified atom stereocenters.